The topological polar surface area (TPSA) is 88.1 Å². The highest BCUT2D eigenvalue weighted by atomic mass is 16.5. The molecule has 116 valence electrons. The molecule has 0 saturated carbocycles. The first-order valence-corrected chi connectivity index (χ1v) is 6.42. The number of hydrogen-bond donors (Lipinski definition) is 2. The van der Waals surface area contributed by atoms with Gasteiger partial charge in [0.15, 0.2) is 0 Å². The van der Waals surface area contributed by atoms with Crippen LogP contribution < -0.4 is 10.1 Å². The largest absolute Gasteiger partial charge is 0.495 e. The van der Waals surface area contributed by atoms with Gasteiger partial charge < -0.3 is 19.9 Å². The number of hydrogen-bond acceptors (Lipinski definition) is 5. The smallest absolute Gasteiger partial charge is 0.317 e. The van der Waals surface area contributed by atoms with Gasteiger partial charge in [0.1, 0.15) is 5.75 Å². The maximum absolute atomic E-state index is 12.0. The molecule has 7 nitrogen and oxygen atoms in total. The Morgan fingerprint density at radius 3 is 2.57 bits per heavy atom. The number of carboxylic acids is 1. The summed E-state index contributed by atoms with van der Waals surface area (Å²) >= 11 is 0. The second-order valence-corrected chi connectivity index (χ2v) is 4.35. The van der Waals surface area contributed by atoms with Crippen molar-refractivity contribution in [3.63, 3.8) is 0 Å². The third-order valence-electron chi connectivity index (χ3n) is 2.72. The number of benzene rings is 1. The van der Waals surface area contributed by atoms with Crippen LogP contribution in [-0.2, 0) is 14.3 Å². The SMILES string of the molecule is COCCN(CC(=O)O)CC(=O)Nc1ccccc1OC. The van der Waals surface area contributed by atoms with Gasteiger partial charge in [0.05, 0.1) is 32.5 Å². The van der Waals surface area contributed by atoms with Crippen LogP contribution >= 0.6 is 0 Å². The lowest BCUT2D eigenvalue weighted by atomic mass is 10.3. The summed E-state index contributed by atoms with van der Waals surface area (Å²) in [5.41, 5.74) is 0.548. The number of nitrogens with one attached hydrogen (secondary N) is 1. The fraction of sp³-hybridized carbons (Fsp3) is 0.429. The summed E-state index contributed by atoms with van der Waals surface area (Å²) in [5.74, 6) is -0.749. The Hall–Kier alpha value is -2.12. The molecule has 0 heterocycles. The van der Waals surface area contributed by atoms with E-state index >= 15 is 0 Å². The van der Waals surface area contributed by atoms with Crippen LogP contribution in [-0.4, -0.2) is 62.3 Å². The van der Waals surface area contributed by atoms with E-state index in [0.717, 1.165) is 0 Å². The highest BCUT2D eigenvalue weighted by Crippen LogP contribution is 2.22. The standard InChI is InChI=1S/C14H20N2O5/c1-20-8-7-16(10-14(18)19)9-13(17)15-11-5-3-4-6-12(11)21-2/h3-6H,7-10H2,1-2H3,(H,15,17)(H,18,19). The minimum atomic E-state index is -0.990. The lowest BCUT2D eigenvalue weighted by Gasteiger charge is -2.19. The Kier molecular flexibility index (Phi) is 7.20. The molecule has 7 heteroatoms. The third-order valence-corrected chi connectivity index (χ3v) is 2.72. The molecule has 0 aliphatic carbocycles. The predicted molar refractivity (Wildman–Crippen MR) is 77.6 cm³/mol. The lowest BCUT2D eigenvalue weighted by molar-refractivity contribution is -0.138. The molecule has 0 aromatic heterocycles. The van der Waals surface area contributed by atoms with Gasteiger partial charge in [-0.15, -0.1) is 0 Å². The van der Waals surface area contributed by atoms with Crippen LogP contribution in [0.2, 0.25) is 0 Å². The molecule has 0 radical (unpaired) electrons. The zero-order valence-electron chi connectivity index (χ0n) is 12.2. The average molecular weight is 296 g/mol. The molecule has 0 fully saturated rings. The normalized spacial score (nSPS) is 10.4. The van der Waals surface area contributed by atoms with Gasteiger partial charge in [-0.25, -0.2) is 0 Å². The number of carbonyl (C=O) groups is 2. The fourth-order valence-corrected chi connectivity index (χ4v) is 1.77. The molecule has 0 unspecified atom stereocenters. The van der Waals surface area contributed by atoms with E-state index in [2.05, 4.69) is 5.32 Å². The Balaban J connectivity index is 2.62. The molecule has 1 rings (SSSR count). The zero-order valence-corrected chi connectivity index (χ0v) is 12.2. The number of anilines is 1. The second-order valence-electron chi connectivity index (χ2n) is 4.35. The number of rotatable bonds is 9. The first-order valence-electron chi connectivity index (χ1n) is 6.42. The monoisotopic (exact) mass is 296 g/mol. The predicted octanol–water partition coefficient (Wildman–Crippen LogP) is 0.667. The van der Waals surface area contributed by atoms with E-state index in [1.807, 2.05) is 0 Å². The van der Waals surface area contributed by atoms with Crippen molar-refractivity contribution < 1.29 is 24.2 Å². The Morgan fingerprint density at radius 2 is 1.95 bits per heavy atom. The van der Waals surface area contributed by atoms with E-state index in [1.165, 1.54) is 19.1 Å². The van der Waals surface area contributed by atoms with Crippen LogP contribution in [0.5, 0.6) is 5.75 Å². The quantitative estimate of drug-likeness (QED) is 0.696. The summed E-state index contributed by atoms with van der Waals surface area (Å²) in [6.45, 7) is 0.466. The van der Waals surface area contributed by atoms with E-state index in [-0.39, 0.29) is 19.0 Å². The molecule has 1 amide bonds. The number of aliphatic carboxylic acids is 1. The molecule has 2 N–H and O–H groups in total. The van der Waals surface area contributed by atoms with E-state index in [9.17, 15) is 9.59 Å². The average Bonchev–Trinajstić information content (AvgIpc) is 2.44. The molecular weight excluding hydrogens is 276 g/mol. The van der Waals surface area contributed by atoms with Crippen molar-refractivity contribution in [2.45, 2.75) is 0 Å². The minimum absolute atomic E-state index is 0.0340. The fourth-order valence-electron chi connectivity index (χ4n) is 1.77. The van der Waals surface area contributed by atoms with Crippen LogP contribution in [0.1, 0.15) is 0 Å². The van der Waals surface area contributed by atoms with Crippen molar-refractivity contribution in [3.8, 4) is 5.75 Å². The van der Waals surface area contributed by atoms with Crippen LogP contribution in [0.25, 0.3) is 0 Å². The molecule has 0 spiro atoms. The zero-order chi connectivity index (χ0) is 15.7. The van der Waals surface area contributed by atoms with Crippen molar-refractivity contribution in [3.05, 3.63) is 24.3 Å². The van der Waals surface area contributed by atoms with Crippen LogP contribution in [0.3, 0.4) is 0 Å². The molecule has 21 heavy (non-hydrogen) atoms. The summed E-state index contributed by atoms with van der Waals surface area (Å²) < 4.78 is 10.0. The molecular formula is C14H20N2O5. The van der Waals surface area contributed by atoms with Gasteiger partial charge in [-0.2, -0.15) is 0 Å². The number of ether oxygens (including phenoxy) is 2. The van der Waals surface area contributed by atoms with Gasteiger partial charge in [-0.3, -0.25) is 14.5 Å². The maximum atomic E-state index is 12.0. The van der Waals surface area contributed by atoms with Crippen molar-refractivity contribution in [2.75, 3.05) is 45.8 Å². The van der Waals surface area contributed by atoms with Gasteiger partial charge >= 0.3 is 5.97 Å². The Bertz CT molecular complexity index is 478. The first kappa shape index (κ1) is 16.9. The highest BCUT2D eigenvalue weighted by molar-refractivity contribution is 5.93. The van der Waals surface area contributed by atoms with Gasteiger partial charge in [0.2, 0.25) is 5.91 Å². The van der Waals surface area contributed by atoms with Crippen molar-refractivity contribution in [1.29, 1.82) is 0 Å². The van der Waals surface area contributed by atoms with Gasteiger partial charge in [0.25, 0.3) is 0 Å². The van der Waals surface area contributed by atoms with Gasteiger partial charge in [-0.1, -0.05) is 12.1 Å². The van der Waals surface area contributed by atoms with Gasteiger partial charge in [0, 0.05) is 13.7 Å². The van der Waals surface area contributed by atoms with E-state index in [1.54, 1.807) is 24.3 Å². The van der Waals surface area contributed by atoms with Crippen LogP contribution in [0.15, 0.2) is 24.3 Å². The number of nitrogens with zero attached hydrogens (tertiary/aromatic N) is 1. The van der Waals surface area contributed by atoms with Gasteiger partial charge in [-0.05, 0) is 12.1 Å². The molecule has 0 atom stereocenters. The number of amides is 1. The van der Waals surface area contributed by atoms with Crippen molar-refractivity contribution in [2.24, 2.45) is 0 Å². The van der Waals surface area contributed by atoms with Crippen LogP contribution in [0, 0.1) is 0 Å². The van der Waals surface area contributed by atoms with Crippen molar-refractivity contribution >= 4 is 17.6 Å². The summed E-state index contributed by atoms with van der Waals surface area (Å²) in [7, 11) is 3.04. The van der Waals surface area contributed by atoms with E-state index in [4.69, 9.17) is 14.6 Å². The number of methoxy groups -OCH3 is 2. The molecule has 0 aliphatic rings. The molecule has 0 bridgehead atoms. The summed E-state index contributed by atoms with van der Waals surface area (Å²) in [6.07, 6.45) is 0. The molecule has 1 aromatic carbocycles. The van der Waals surface area contributed by atoms with Crippen molar-refractivity contribution in [1.82, 2.24) is 4.90 Å². The molecule has 0 saturated heterocycles. The maximum Gasteiger partial charge on any atom is 0.317 e. The first-order chi connectivity index (χ1) is 10.1. The van der Waals surface area contributed by atoms with Crippen LogP contribution in [0.4, 0.5) is 5.69 Å². The molecule has 1 aromatic rings. The number of para-hydroxylation sites is 2. The Morgan fingerprint density at radius 1 is 1.24 bits per heavy atom. The summed E-state index contributed by atoms with van der Waals surface area (Å²) in [5, 5.41) is 11.5. The van der Waals surface area contributed by atoms with E-state index < -0.39 is 5.97 Å². The minimum Gasteiger partial charge on any atom is -0.495 e. The second kappa shape index (κ2) is 8.93. The summed E-state index contributed by atoms with van der Waals surface area (Å²) in [6, 6.07) is 7.02. The summed E-state index contributed by atoms with van der Waals surface area (Å²) in [4.78, 5) is 24.3. The third kappa shape index (κ3) is 6.24. The van der Waals surface area contributed by atoms with E-state index in [0.29, 0.717) is 24.6 Å². The Labute approximate surface area is 123 Å². The molecule has 0 aliphatic heterocycles. The number of carboxylic acid groups (broad SMARTS) is 1. The number of carbonyl (C=O) groups excluding carboxylic acids is 1. The lowest BCUT2D eigenvalue weighted by Crippen LogP contribution is -2.38. The highest BCUT2D eigenvalue weighted by Gasteiger charge is 2.15.